The highest BCUT2D eigenvalue weighted by Crippen LogP contribution is 2.63. The van der Waals surface area contributed by atoms with E-state index in [1.165, 1.54) is 0 Å². The van der Waals surface area contributed by atoms with Gasteiger partial charge in [-0.25, -0.2) is 4.57 Å². The van der Waals surface area contributed by atoms with Crippen molar-refractivity contribution in [2.75, 3.05) is 10.7 Å². The first kappa shape index (κ1) is 27.9. The van der Waals surface area contributed by atoms with E-state index in [1.54, 1.807) is 0 Å². The number of phosphoric ester groups is 1. The molecule has 1 N–H and O–H groups in total. The molecule has 23 heavy (non-hydrogen) atoms. The molecule has 0 unspecified atom stereocenters. The van der Waals surface area contributed by atoms with Gasteiger partial charge in [-0.1, -0.05) is 59.6 Å². The van der Waals surface area contributed by atoms with Crippen molar-refractivity contribution < 1.29 is 18.5 Å². The Kier molecular flexibility index (Phi) is 12.5. The first-order valence-corrected chi connectivity index (χ1v) is 13.1. The summed E-state index contributed by atoms with van der Waals surface area (Å²) in [5.41, 5.74) is -1.05. The Hall–Kier alpha value is 2.73. The molecule has 0 saturated carbocycles. The predicted octanol–water partition coefficient (Wildman–Crippen LogP) is 7.65. The van der Waals surface area contributed by atoms with Crippen molar-refractivity contribution in [2.45, 2.75) is 34.5 Å². The maximum atomic E-state index is 12.3. The number of hydrogen-bond acceptors (Lipinski definition) is 3. The number of halogens is 6. The summed E-state index contributed by atoms with van der Waals surface area (Å²) in [7, 11) is -4.38. The number of rotatable bonds is 8. The fourth-order valence-electron chi connectivity index (χ4n) is 0.711. The number of hydrogen-bond donors (Lipinski definition) is 1. The molecule has 0 amide bonds. The summed E-state index contributed by atoms with van der Waals surface area (Å²) in [6.07, 6.45) is 0. The van der Waals surface area contributed by atoms with Gasteiger partial charge in [0.05, 0.1) is 0 Å². The van der Waals surface area contributed by atoms with Crippen LogP contribution >= 0.6 is 103 Å². The smallest absolute Gasteiger partial charge is 0.302 e. The van der Waals surface area contributed by atoms with Crippen LogP contribution in [-0.2, 0) is 13.6 Å². The van der Waals surface area contributed by atoms with Crippen LogP contribution in [0.4, 0.5) is 0 Å². The molecule has 0 aliphatic carbocycles. The summed E-state index contributed by atoms with van der Waals surface area (Å²) < 4.78 is 20.4. The molecule has 0 spiro atoms. The summed E-state index contributed by atoms with van der Waals surface area (Å²) in [4.78, 5) is 10.1. The molecule has 0 aliphatic heterocycles. The Morgan fingerprint density at radius 1 is 0.870 bits per heavy atom. The second kappa shape index (κ2) is 10.3. The van der Waals surface area contributed by atoms with Gasteiger partial charge in [0.15, 0.2) is 6.84 Å². The molecular formula is C12H21Br6O4P. The molecule has 4 nitrogen and oxygen atoms in total. The highest BCUT2D eigenvalue weighted by atomic mass is 79.9. The van der Waals surface area contributed by atoms with Crippen molar-refractivity contribution in [2.24, 2.45) is 10.8 Å². The van der Waals surface area contributed by atoms with E-state index < -0.39 is 25.5 Å². The van der Waals surface area contributed by atoms with Crippen LogP contribution in [0.15, 0.2) is 13.2 Å². The molecule has 0 aliphatic rings. The van der Waals surface area contributed by atoms with Crippen LogP contribution in [0, 0.1) is 10.8 Å². The number of alkyl halides is 6. The molecule has 0 rings (SSSR count). The molecule has 0 heterocycles. The maximum absolute atomic E-state index is 12.3. The normalized spacial score (nSPS) is 14.2. The molecule has 0 bridgehead atoms. The molecule has 0 fully saturated rings. The molecule has 0 aromatic carbocycles. The van der Waals surface area contributed by atoms with Gasteiger partial charge < -0.3 is 4.89 Å². The standard InChI is InChI=1S/C10H17Br6O4P.C2H4/c1-7(2,5-11)9(13,14)19-21(17,18)20-10(15,16)8(3,4)6-12;1-2/h5-6H2,1-4H3,(H,17,18);1-2H2. The van der Waals surface area contributed by atoms with Crippen LogP contribution in [0.3, 0.4) is 0 Å². The van der Waals surface area contributed by atoms with Crippen LogP contribution in [-0.4, -0.2) is 22.4 Å². The average Bonchev–Trinajstić information content (AvgIpc) is 2.37. The monoisotopic (exact) mass is 734 g/mol. The predicted molar refractivity (Wildman–Crippen MR) is 120 cm³/mol. The second-order valence-electron chi connectivity index (χ2n) is 5.72. The Morgan fingerprint density at radius 2 is 1.09 bits per heavy atom. The topological polar surface area (TPSA) is 55.8 Å². The maximum Gasteiger partial charge on any atom is 0.476 e. The zero-order valence-electron chi connectivity index (χ0n) is 13.2. The minimum atomic E-state index is -4.38. The molecule has 0 saturated heterocycles. The molecule has 140 valence electrons. The van der Waals surface area contributed by atoms with E-state index in [9.17, 15) is 9.46 Å². The third kappa shape index (κ3) is 8.52. The van der Waals surface area contributed by atoms with Gasteiger partial charge in [-0.05, 0) is 63.7 Å². The summed E-state index contributed by atoms with van der Waals surface area (Å²) in [6.45, 7) is 13.4. The summed E-state index contributed by atoms with van der Waals surface area (Å²) in [6, 6.07) is 0. The molecule has 11 heteroatoms. The summed E-state index contributed by atoms with van der Waals surface area (Å²) in [5.74, 6) is 0. The molecular weight excluding hydrogens is 719 g/mol. The van der Waals surface area contributed by atoms with Gasteiger partial charge in [0.1, 0.15) is 0 Å². The Balaban J connectivity index is 0. The fourth-order valence-corrected chi connectivity index (χ4v) is 6.87. The quantitative estimate of drug-likeness (QED) is 0.158. The van der Waals surface area contributed by atoms with E-state index >= 15 is 0 Å². The van der Waals surface area contributed by atoms with Gasteiger partial charge in [-0.15, -0.1) is 13.2 Å². The first-order valence-electron chi connectivity index (χ1n) is 6.15. The van der Waals surface area contributed by atoms with Gasteiger partial charge in [-0.3, -0.25) is 9.05 Å². The zero-order chi connectivity index (χ0) is 19.3. The third-order valence-corrected chi connectivity index (χ3v) is 12.5. The molecule has 0 radical (unpaired) electrons. The van der Waals surface area contributed by atoms with E-state index in [0.29, 0.717) is 10.7 Å². The van der Waals surface area contributed by atoms with E-state index in [-0.39, 0.29) is 0 Å². The zero-order valence-corrected chi connectivity index (χ0v) is 23.6. The first-order chi connectivity index (χ1) is 10.0. The van der Waals surface area contributed by atoms with Gasteiger partial charge >= 0.3 is 7.82 Å². The Labute approximate surface area is 189 Å². The molecule has 0 atom stereocenters. The van der Waals surface area contributed by atoms with Gasteiger partial charge in [0.2, 0.25) is 0 Å². The van der Waals surface area contributed by atoms with E-state index in [2.05, 4.69) is 109 Å². The lowest BCUT2D eigenvalue weighted by Gasteiger charge is -2.40. The van der Waals surface area contributed by atoms with Crippen molar-refractivity contribution in [3.63, 3.8) is 0 Å². The van der Waals surface area contributed by atoms with E-state index in [4.69, 9.17) is 9.05 Å². The Morgan fingerprint density at radius 3 is 1.26 bits per heavy atom. The lowest BCUT2D eigenvalue weighted by atomic mass is 9.98. The van der Waals surface area contributed by atoms with Crippen LogP contribution in [0.2, 0.25) is 0 Å². The van der Waals surface area contributed by atoms with Crippen molar-refractivity contribution in [3.05, 3.63) is 13.2 Å². The van der Waals surface area contributed by atoms with Crippen LogP contribution < -0.4 is 0 Å². The van der Waals surface area contributed by atoms with Gasteiger partial charge in [-0.2, -0.15) is 0 Å². The highest BCUT2D eigenvalue weighted by Gasteiger charge is 2.52. The van der Waals surface area contributed by atoms with Crippen LogP contribution in [0.1, 0.15) is 27.7 Å². The van der Waals surface area contributed by atoms with Crippen molar-refractivity contribution in [1.29, 1.82) is 0 Å². The highest BCUT2D eigenvalue weighted by molar-refractivity contribution is 9.25. The largest absolute Gasteiger partial charge is 0.476 e. The summed E-state index contributed by atoms with van der Waals surface area (Å²) >= 11 is 19.8. The van der Waals surface area contributed by atoms with Crippen LogP contribution in [0.5, 0.6) is 0 Å². The van der Waals surface area contributed by atoms with Crippen molar-refractivity contribution >= 4 is 103 Å². The summed E-state index contributed by atoms with van der Waals surface area (Å²) in [5, 5.41) is 1.05. The second-order valence-corrected chi connectivity index (χ2v) is 14.7. The minimum absolute atomic E-state index is 0.525. The van der Waals surface area contributed by atoms with E-state index in [0.717, 1.165) is 0 Å². The van der Waals surface area contributed by atoms with Crippen molar-refractivity contribution in [1.82, 2.24) is 0 Å². The fraction of sp³-hybridized carbons (Fsp3) is 0.833. The lowest BCUT2D eigenvalue weighted by Crippen LogP contribution is -2.39. The SMILES string of the molecule is C=C.CC(C)(CBr)C(Br)(Br)OP(=O)(O)OC(Br)(Br)C(C)(C)CBr. The Bertz CT molecular complexity index is 394. The van der Waals surface area contributed by atoms with Gasteiger partial charge in [0, 0.05) is 21.5 Å². The molecule has 0 aromatic rings. The number of phosphoric acid groups is 1. The van der Waals surface area contributed by atoms with Gasteiger partial charge in [0.25, 0.3) is 0 Å². The lowest BCUT2D eigenvalue weighted by molar-refractivity contribution is 0.0496. The molecule has 0 aromatic heterocycles. The minimum Gasteiger partial charge on any atom is -0.302 e. The average molecular weight is 740 g/mol. The van der Waals surface area contributed by atoms with Crippen molar-refractivity contribution in [3.8, 4) is 0 Å². The van der Waals surface area contributed by atoms with Crippen LogP contribution in [0.25, 0.3) is 0 Å². The van der Waals surface area contributed by atoms with E-state index in [1.807, 2.05) is 27.7 Å². The third-order valence-electron chi connectivity index (χ3n) is 2.70.